The Bertz CT molecular complexity index is 329. The lowest BCUT2D eigenvalue weighted by Gasteiger charge is -2.15. The van der Waals surface area contributed by atoms with Crippen molar-refractivity contribution in [3.05, 3.63) is 35.9 Å². The zero-order valence-corrected chi connectivity index (χ0v) is 11.0. The van der Waals surface area contributed by atoms with Gasteiger partial charge in [0.15, 0.2) is 0 Å². The van der Waals surface area contributed by atoms with Crippen LogP contribution in [-0.4, -0.2) is 44.8 Å². The number of methoxy groups -OCH3 is 2. The Hall–Kier alpha value is -1.39. The average Bonchev–Trinajstić information content (AvgIpc) is 2.88. The highest BCUT2D eigenvalue weighted by atomic mass is 16.5. The molecule has 1 aliphatic rings. The highest BCUT2D eigenvalue weighted by Crippen LogP contribution is 2.14. The Morgan fingerprint density at radius 3 is 2.50 bits per heavy atom. The van der Waals surface area contributed by atoms with E-state index in [4.69, 9.17) is 9.53 Å². The molecule has 0 aromatic heterocycles. The molecule has 1 aromatic rings. The molecule has 0 saturated carbocycles. The molecular weight excluding hydrogens is 230 g/mol. The molecule has 1 fully saturated rings. The van der Waals surface area contributed by atoms with Gasteiger partial charge in [0.25, 0.3) is 6.47 Å². The highest BCUT2D eigenvalue weighted by molar-refractivity contribution is 5.36. The molecule has 0 radical (unpaired) electrons. The smallest absolute Gasteiger partial charge is 0.292 e. The summed E-state index contributed by atoms with van der Waals surface area (Å²) in [6, 6.07) is 10.6. The van der Waals surface area contributed by atoms with Crippen molar-refractivity contribution in [3.8, 4) is 0 Å². The van der Waals surface area contributed by atoms with Crippen LogP contribution in [0.25, 0.3) is 0 Å². The van der Waals surface area contributed by atoms with E-state index in [1.54, 1.807) is 7.11 Å². The predicted molar refractivity (Wildman–Crippen MR) is 70.2 cm³/mol. The Morgan fingerprint density at radius 1 is 1.33 bits per heavy atom. The maximum Gasteiger partial charge on any atom is 0.292 e. The molecule has 1 atom stereocenters. The van der Waals surface area contributed by atoms with Gasteiger partial charge < -0.3 is 9.47 Å². The van der Waals surface area contributed by atoms with E-state index >= 15 is 0 Å². The van der Waals surface area contributed by atoms with Crippen LogP contribution in [0.3, 0.4) is 0 Å². The number of rotatable bonds is 4. The van der Waals surface area contributed by atoms with Crippen LogP contribution in [0.4, 0.5) is 0 Å². The molecule has 2 rings (SSSR count). The van der Waals surface area contributed by atoms with E-state index in [-0.39, 0.29) is 0 Å². The van der Waals surface area contributed by atoms with E-state index in [1.165, 1.54) is 19.1 Å². The fourth-order valence-electron chi connectivity index (χ4n) is 1.97. The first-order chi connectivity index (χ1) is 8.80. The van der Waals surface area contributed by atoms with Gasteiger partial charge in [-0.25, -0.2) is 0 Å². The minimum atomic E-state index is 0.375. The molecule has 1 saturated heterocycles. The molecule has 0 N–H and O–H groups in total. The number of hydrogen-bond donors (Lipinski definition) is 0. The molecule has 4 nitrogen and oxygen atoms in total. The van der Waals surface area contributed by atoms with Gasteiger partial charge in [-0.1, -0.05) is 30.3 Å². The first-order valence-corrected chi connectivity index (χ1v) is 6.05. The Labute approximate surface area is 108 Å². The lowest BCUT2D eigenvalue weighted by atomic mass is 10.2. The van der Waals surface area contributed by atoms with E-state index < -0.39 is 0 Å². The summed E-state index contributed by atoms with van der Waals surface area (Å²) >= 11 is 0. The number of nitrogens with zero attached hydrogens (tertiary/aromatic N) is 1. The van der Waals surface area contributed by atoms with Crippen LogP contribution in [-0.2, 0) is 20.8 Å². The number of hydrogen-bond acceptors (Lipinski definition) is 4. The number of carbonyl (C=O) groups excluding carboxylic acids is 1. The number of carbonyl (C=O) groups is 1. The van der Waals surface area contributed by atoms with Crippen LogP contribution in [0.2, 0.25) is 0 Å². The summed E-state index contributed by atoms with van der Waals surface area (Å²) < 4.78 is 9.20. The average molecular weight is 251 g/mol. The van der Waals surface area contributed by atoms with Gasteiger partial charge >= 0.3 is 0 Å². The van der Waals surface area contributed by atoms with Gasteiger partial charge in [0.05, 0.1) is 13.2 Å². The second-order valence-electron chi connectivity index (χ2n) is 4.20. The van der Waals surface area contributed by atoms with E-state index in [0.29, 0.717) is 12.6 Å². The monoisotopic (exact) mass is 251 g/mol. The first kappa shape index (κ1) is 14.7. The maximum atomic E-state index is 8.95. The molecule has 18 heavy (non-hydrogen) atoms. The predicted octanol–water partition coefficient (Wildman–Crippen LogP) is 1.70. The van der Waals surface area contributed by atoms with Gasteiger partial charge in [-0.2, -0.15) is 0 Å². The molecule has 1 aliphatic heterocycles. The van der Waals surface area contributed by atoms with Crippen LogP contribution >= 0.6 is 0 Å². The number of likely N-dealkylation sites (tertiary alicyclic amines) is 1. The third kappa shape index (κ3) is 5.29. The van der Waals surface area contributed by atoms with Gasteiger partial charge in [0.2, 0.25) is 0 Å². The van der Waals surface area contributed by atoms with Crippen molar-refractivity contribution in [2.75, 3.05) is 27.3 Å². The number of benzene rings is 1. The molecule has 100 valence electrons. The van der Waals surface area contributed by atoms with Crippen molar-refractivity contribution in [1.29, 1.82) is 0 Å². The zero-order chi connectivity index (χ0) is 13.2. The van der Waals surface area contributed by atoms with Crippen molar-refractivity contribution in [2.24, 2.45) is 0 Å². The molecular formula is C14H21NO3. The minimum Gasteiger partial charge on any atom is -0.471 e. The lowest BCUT2D eigenvalue weighted by molar-refractivity contribution is -0.126. The van der Waals surface area contributed by atoms with Crippen molar-refractivity contribution in [1.82, 2.24) is 4.90 Å². The normalized spacial score (nSPS) is 18.9. The summed E-state index contributed by atoms with van der Waals surface area (Å²) in [5.41, 5.74) is 1.39. The molecule has 0 bridgehead atoms. The van der Waals surface area contributed by atoms with Gasteiger partial charge in [-0.15, -0.1) is 0 Å². The number of ether oxygens (including phenoxy) is 2. The van der Waals surface area contributed by atoms with Gasteiger partial charge in [0.1, 0.15) is 0 Å². The Morgan fingerprint density at radius 2 is 2.00 bits per heavy atom. The van der Waals surface area contributed by atoms with Crippen LogP contribution in [0.5, 0.6) is 0 Å². The molecule has 1 aromatic carbocycles. The molecule has 1 unspecified atom stereocenters. The van der Waals surface area contributed by atoms with Crippen LogP contribution in [0, 0.1) is 0 Å². The third-order valence-electron chi connectivity index (χ3n) is 2.91. The van der Waals surface area contributed by atoms with E-state index in [2.05, 4.69) is 40.0 Å². The van der Waals surface area contributed by atoms with Crippen LogP contribution in [0.15, 0.2) is 30.3 Å². The fourth-order valence-corrected chi connectivity index (χ4v) is 1.97. The van der Waals surface area contributed by atoms with E-state index in [1.807, 2.05) is 0 Å². The Balaban J connectivity index is 0.000000357. The molecule has 4 heteroatoms. The zero-order valence-electron chi connectivity index (χ0n) is 11.0. The van der Waals surface area contributed by atoms with E-state index in [0.717, 1.165) is 19.6 Å². The standard InChI is InChI=1S/C12H17NO.C2H4O2/c1-14-12-7-8-13(10-12)9-11-5-3-2-4-6-11;1-4-2-3/h2-6,12H,7-10H2,1H3;2H,1H3. The summed E-state index contributed by atoms with van der Waals surface area (Å²) in [6.45, 7) is 3.67. The van der Waals surface area contributed by atoms with Crippen LogP contribution < -0.4 is 0 Å². The van der Waals surface area contributed by atoms with Crippen molar-refractivity contribution >= 4 is 6.47 Å². The second-order valence-corrected chi connectivity index (χ2v) is 4.20. The van der Waals surface area contributed by atoms with E-state index in [9.17, 15) is 0 Å². The highest BCUT2D eigenvalue weighted by Gasteiger charge is 2.21. The van der Waals surface area contributed by atoms with Gasteiger partial charge in [0, 0.05) is 26.7 Å². The second kappa shape index (κ2) is 8.66. The quantitative estimate of drug-likeness (QED) is 0.763. The summed E-state index contributed by atoms with van der Waals surface area (Å²) in [4.78, 5) is 11.4. The fraction of sp³-hybridized carbons (Fsp3) is 0.500. The van der Waals surface area contributed by atoms with Gasteiger partial charge in [-0.05, 0) is 12.0 Å². The van der Waals surface area contributed by atoms with Crippen molar-refractivity contribution < 1.29 is 14.3 Å². The first-order valence-electron chi connectivity index (χ1n) is 6.05. The van der Waals surface area contributed by atoms with Gasteiger partial charge in [-0.3, -0.25) is 9.69 Å². The minimum absolute atomic E-state index is 0.375. The summed E-state index contributed by atoms with van der Waals surface area (Å²) in [6.07, 6.45) is 1.61. The van der Waals surface area contributed by atoms with Crippen molar-refractivity contribution in [2.45, 2.75) is 19.1 Å². The topological polar surface area (TPSA) is 38.8 Å². The molecule has 0 aliphatic carbocycles. The summed E-state index contributed by atoms with van der Waals surface area (Å²) in [7, 11) is 3.11. The molecule has 0 amide bonds. The summed E-state index contributed by atoms with van der Waals surface area (Å²) in [5.74, 6) is 0. The van der Waals surface area contributed by atoms with Crippen LogP contribution in [0.1, 0.15) is 12.0 Å². The maximum absolute atomic E-state index is 8.95. The SMILES string of the molecule is COC1CCN(Cc2ccccc2)C1.COC=O. The lowest BCUT2D eigenvalue weighted by Crippen LogP contribution is -2.22. The molecule has 0 spiro atoms. The van der Waals surface area contributed by atoms with Crippen molar-refractivity contribution in [3.63, 3.8) is 0 Å². The Kier molecular flexibility index (Phi) is 7.06. The molecule has 1 heterocycles. The largest absolute Gasteiger partial charge is 0.471 e. The third-order valence-corrected chi connectivity index (χ3v) is 2.91. The summed E-state index contributed by atoms with van der Waals surface area (Å²) in [5, 5.41) is 0.